The SMILES string of the molecule is CCc1cnc(CNc2ncc(Cl)cn2)s1. The molecule has 0 fully saturated rings. The summed E-state index contributed by atoms with van der Waals surface area (Å²) < 4.78 is 0. The lowest BCUT2D eigenvalue weighted by Gasteiger charge is -2.00. The predicted molar refractivity (Wildman–Crippen MR) is 65.9 cm³/mol. The summed E-state index contributed by atoms with van der Waals surface area (Å²) in [6, 6.07) is 0. The number of hydrogen-bond acceptors (Lipinski definition) is 5. The van der Waals surface area contributed by atoms with Gasteiger partial charge in [0.15, 0.2) is 0 Å². The second-order valence-electron chi connectivity index (χ2n) is 3.15. The Balaban J connectivity index is 1.94. The predicted octanol–water partition coefficient (Wildman–Crippen LogP) is 2.76. The maximum Gasteiger partial charge on any atom is 0.223 e. The van der Waals surface area contributed by atoms with Crippen molar-refractivity contribution in [2.45, 2.75) is 19.9 Å². The van der Waals surface area contributed by atoms with E-state index in [9.17, 15) is 0 Å². The lowest BCUT2D eigenvalue weighted by atomic mass is 10.4. The summed E-state index contributed by atoms with van der Waals surface area (Å²) in [6.07, 6.45) is 6.06. The van der Waals surface area contributed by atoms with E-state index in [1.165, 1.54) is 4.88 Å². The molecule has 0 aliphatic heterocycles. The molecule has 0 amide bonds. The van der Waals surface area contributed by atoms with Gasteiger partial charge in [-0.1, -0.05) is 18.5 Å². The summed E-state index contributed by atoms with van der Waals surface area (Å²) in [5.41, 5.74) is 0. The molecule has 0 radical (unpaired) electrons. The third kappa shape index (κ3) is 2.90. The maximum atomic E-state index is 5.69. The number of nitrogens with one attached hydrogen (secondary N) is 1. The van der Waals surface area contributed by atoms with E-state index in [1.54, 1.807) is 23.7 Å². The van der Waals surface area contributed by atoms with E-state index in [0.29, 0.717) is 17.5 Å². The first-order valence-electron chi connectivity index (χ1n) is 4.93. The molecule has 16 heavy (non-hydrogen) atoms. The molecule has 2 aromatic rings. The van der Waals surface area contributed by atoms with Gasteiger partial charge in [0.25, 0.3) is 0 Å². The second kappa shape index (κ2) is 5.23. The molecule has 0 unspecified atom stereocenters. The molecule has 84 valence electrons. The van der Waals surface area contributed by atoms with Crippen LogP contribution in [0.3, 0.4) is 0 Å². The highest BCUT2D eigenvalue weighted by Gasteiger charge is 2.01. The van der Waals surface area contributed by atoms with E-state index in [2.05, 4.69) is 27.2 Å². The Bertz CT molecular complexity index is 454. The number of hydrogen-bond donors (Lipinski definition) is 1. The number of anilines is 1. The number of halogens is 1. The molecule has 0 spiro atoms. The van der Waals surface area contributed by atoms with Crippen molar-refractivity contribution in [3.63, 3.8) is 0 Å². The summed E-state index contributed by atoms with van der Waals surface area (Å²) in [6.45, 7) is 2.76. The smallest absolute Gasteiger partial charge is 0.223 e. The van der Waals surface area contributed by atoms with E-state index in [0.717, 1.165) is 11.4 Å². The van der Waals surface area contributed by atoms with Crippen LogP contribution in [0.2, 0.25) is 5.02 Å². The largest absolute Gasteiger partial charge is 0.348 e. The lowest BCUT2D eigenvalue weighted by Crippen LogP contribution is -2.02. The highest BCUT2D eigenvalue weighted by atomic mass is 35.5. The van der Waals surface area contributed by atoms with Crippen molar-refractivity contribution in [1.29, 1.82) is 0 Å². The summed E-state index contributed by atoms with van der Waals surface area (Å²) in [7, 11) is 0. The van der Waals surface area contributed by atoms with E-state index in [4.69, 9.17) is 11.6 Å². The summed E-state index contributed by atoms with van der Waals surface area (Å²) in [4.78, 5) is 13.7. The van der Waals surface area contributed by atoms with E-state index < -0.39 is 0 Å². The lowest BCUT2D eigenvalue weighted by molar-refractivity contribution is 1.03. The van der Waals surface area contributed by atoms with Crippen LogP contribution in [0.15, 0.2) is 18.6 Å². The van der Waals surface area contributed by atoms with Crippen LogP contribution in [0.1, 0.15) is 16.8 Å². The molecule has 0 atom stereocenters. The molecule has 2 rings (SSSR count). The Morgan fingerprint density at radius 1 is 1.25 bits per heavy atom. The zero-order valence-electron chi connectivity index (χ0n) is 8.77. The summed E-state index contributed by atoms with van der Waals surface area (Å²) in [5.74, 6) is 0.567. The minimum Gasteiger partial charge on any atom is -0.348 e. The molecule has 6 heteroatoms. The second-order valence-corrected chi connectivity index (χ2v) is 4.79. The first kappa shape index (κ1) is 11.3. The van der Waals surface area contributed by atoms with Gasteiger partial charge in [0.05, 0.1) is 24.0 Å². The van der Waals surface area contributed by atoms with Gasteiger partial charge in [-0.15, -0.1) is 11.3 Å². The maximum absolute atomic E-state index is 5.69. The van der Waals surface area contributed by atoms with Gasteiger partial charge in [-0.3, -0.25) is 0 Å². The highest BCUT2D eigenvalue weighted by Crippen LogP contribution is 2.14. The molecule has 0 aliphatic carbocycles. The third-order valence-corrected chi connectivity index (χ3v) is 3.30. The Labute approximate surface area is 103 Å². The first-order valence-corrected chi connectivity index (χ1v) is 6.12. The van der Waals surface area contributed by atoms with Crippen molar-refractivity contribution >= 4 is 28.9 Å². The van der Waals surface area contributed by atoms with Crippen LogP contribution in [-0.4, -0.2) is 15.0 Å². The fourth-order valence-electron chi connectivity index (χ4n) is 1.15. The number of nitrogens with zero attached hydrogens (tertiary/aromatic N) is 3. The van der Waals surface area contributed by atoms with Crippen LogP contribution >= 0.6 is 22.9 Å². The van der Waals surface area contributed by atoms with Gasteiger partial charge in [-0.05, 0) is 6.42 Å². The zero-order chi connectivity index (χ0) is 11.4. The Hall–Kier alpha value is -1.20. The van der Waals surface area contributed by atoms with Gasteiger partial charge >= 0.3 is 0 Å². The first-order chi connectivity index (χ1) is 7.78. The van der Waals surface area contributed by atoms with Crippen molar-refractivity contribution in [3.8, 4) is 0 Å². The van der Waals surface area contributed by atoms with E-state index in [-0.39, 0.29) is 0 Å². The minimum atomic E-state index is 0.535. The molecule has 0 saturated carbocycles. The Kier molecular flexibility index (Phi) is 3.69. The Morgan fingerprint density at radius 2 is 2.00 bits per heavy atom. The van der Waals surface area contributed by atoms with Gasteiger partial charge in [-0.2, -0.15) is 0 Å². The fourth-order valence-corrected chi connectivity index (χ4v) is 2.05. The molecule has 1 N–H and O–H groups in total. The normalized spacial score (nSPS) is 10.4. The van der Waals surface area contributed by atoms with Crippen molar-refractivity contribution in [1.82, 2.24) is 15.0 Å². The molecule has 0 saturated heterocycles. The van der Waals surface area contributed by atoms with E-state index >= 15 is 0 Å². The standard InChI is InChI=1S/C10H11ClN4S/c1-2-8-5-12-9(16-8)6-15-10-13-3-7(11)4-14-10/h3-5H,2,6H2,1H3,(H,13,14,15). The minimum absolute atomic E-state index is 0.535. The van der Waals surface area contributed by atoms with Crippen LogP contribution in [0.4, 0.5) is 5.95 Å². The molecule has 0 aromatic carbocycles. The van der Waals surface area contributed by atoms with Gasteiger partial charge < -0.3 is 5.32 Å². The quantitative estimate of drug-likeness (QED) is 0.912. The Morgan fingerprint density at radius 3 is 2.62 bits per heavy atom. The summed E-state index contributed by atoms with van der Waals surface area (Å²) >= 11 is 7.39. The number of aryl methyl sites for hydroxylation is 1. The number of thiazole rings is 1. The topological polar surface area (TPSA) is 50.7 Å². The van der Waals surface area contributed by atoms with Gasteiger partial charge in [0.2, 0.25) is 5.95 Å². The van der Waals surface area contributed by atoms with Crippen molar-refractivity contribution < 1.29 is 0 Å². The molecular formula is C10H11ClN4S. The molecule has 2 aromatic heterocycles. The van der Waals surface area contributed by atoms with Crippen LogP contribution in [-0.2, 0) is 13.0 Å². The van der Waals surface area contributed by atoms with Crippen LogP contribution in [0, 0.1) is 0 Å². The monoisotopic (exact) mass is 254 g/mol. The molecular weight excluding hydrogens is 244 g/mol. The van der Waals surface area contributed by atoms with Crippen LogP contribution in [0.25, 0.3) is 0 Å². The van der Waals surface area contributed by atoms with Crippen molar-refractivity contribution in [2.24, 2.45) is 0 Å². The average molecular weight is 255 g/mol. The van der Waals surface area contributed by atoms with E-state index in [1.807, 2.05) is 6.20 Å². The van der Waals surface area contributed by atoms with Crippen molar-refractivity contribution in [2.75, 3.05) is 5.32 Å². The zero-order valence-corrected chi connectivity index (χ0v) is 10.3. The number of rotatable bonds is 4. The van der Waals surface area contributed by atoms with Crippen LogP contribution < -0.4 is 5.32 Å². The van der Waals surface area contributed by atoms with Crippen molar-refractivity contribution in [3.05, 3.63) is 33.5 Å². The summed E-state index contributed by atoms with van der Waals surface area (Å²) in [5, 5.41) is 4.67. The average Bonchev–Trinajstić information content (AvgIpc) is 2.76. The molecule has 4 nitrogen and oxygen atoms in total. The third-order valence-electron chi connectivity index (χ3n) is 1.97. The van der Waals surface area contributed by atoms with Gasteiger partial charge in [-0.25, -0.2) is 15.0 Å². The fraction of sp³-hybridized carbons (Fsp3) is 0.300. The van der Waals surface area contributed by atoms with Gasteiger partial charge in [0, 0.05) is 11.1 Å². The molecule has 0 bridgehead atoms. The number of aromatic nitrogens is 3. The molecule has 2 heterocycles. The van der Waals surface area contributed by atoms with Gasteiger partial charge in [0.1, 0.15) is 5.01 Å². The molecule has 0 aliphatic rings. The van der Waals surface area contributed by atoms with Crippen LogP contribution in [0.5, 0.6) is 0 Å². The highest BCUT2D eigenvalue weighted by molar-refractivity contribution is 7.11.